The maximum absolute atomic E-state index is 11.1. The van der Waals surface area contributed by atoms with Gasteiger partial charge in [0.15, 0.2) is 0 Å². The normalized spacial score (nSPS) is 14.6. The first-order chi connectivity index (χ1) is 8.52. The lowest BCUT2D eigenvalue weighted by Crippen LogP contribution is -2.27. The fraction of sp³-hybridized carbons (Fsp3) is 0.385. The van der Waals surface area contributed by atoms with Gasteiger partial charge in [0.1, 0.15) is 5.82 Å². The van der Waals surface area contributed by atoms with Gasteiger partial charge in [0.25, 0.3) is 0 Å². The molecule has 1 aromatic heterocycles. The van der Waals surface area contributed by atoms with Crippen molar-refractivity contribution in [1.82, 2.24) is 9.97 Å². The van der Waals surface area contributed by atoms with Crippen molar-refractivity contribution in [3.05, 3.63) is 29.6 Å². The Morgan fingerprint density at radius 1 is 1.56 bits per heavy atom. The van der Waals surface area contributed by atoms with Gasteiger partial charge in [0.05, 0.1) is 17.0 Å². The number of nitrogens with one attached hydrogen (secondary N) is 1. The quantitative estimate of drug-likeness (QED) is 0.770. The highest BCUT2D eigenvalue weighted by molar-refractivity contribution is 5.77. The largest absolute Gasteiger partial charge is 0.481 e. The molecule has 18 heavy (non-hydrogen) atoms. The maximum atomic E-state index is 11.1. The van der Waals surface area contributed by atoms with E-state index >= 15 is 0 Å². The number of carboxylic acid groups (broad SMARTS) is 1. The van der Waals surface area contributed by atoms with Crippen molar-refractivity contribution in [3.8, 4) is 0 Å². The molecule has 0 saturated heterocycles. The number of nitrogens with zero attached hydrogens (tertiary/aromatic N) is 1. The van der Waals surface area contributed by atoms with Crippen LogP contribution in [0, 0.1) is 12.8 Å². The Balaban J connectivity index is 2.37. The molecule has 2 atom stereocenters. The molecule has 5 heteroatoms. The van der Waals surface area contributed by atoms with Crippen molar-refractivity contribution < 1.29 is 9.90 Å². The summed E-state index contributed by atoms with van der Waals surface area (Å²) >= 11 is 0. The van der Waals surface area contributed by atoms with Gasteiger partial charge in [0.2, 0.25) is 0 Å². The number of nitrogens with two attached hydrogens (primary N) is 1. The van der Waals surface area contributed by atoms with Gasteiger partial charge in [-0.05, 0) is 31.0 Å². The molecule has 0 bridgehead atoms. The maximum Gasteiger partial charge on any atom is 0.308 e. The second-order valence-corrected chi connectivity index (χ2v) is 4.48. The van der Waals surface area contributed by atoms with Crippen LogP contribution in [-0.2, 0) is 4.79 Å². The number of H-pyrrole nitrogens is 1. The summed E-state index contributed by atoms with van der Waals surface area (Å²) in [5.41, 5.74) is 8.61. The molecule has 4 N–H and O–H groups in total. The van der Waals surface area contributed by atoms with Crippen LogP contribution in [0.4, 0.5) is 0 Å². The first-order valence-corrected chi connectivity index (χ1v) is 5.97. The Labute approximate surface area is 105 Å². The first kappa shape index (κ1) is 12.6. The van der Waals surface area contributed by atoms with E-state index in [9.17, 15) is 4.79 Å². The molecule has 0 spiro atoms. The number of carbonyl (C=O) groups is 1. The minimum Gasteiger partial charge on any atom is -0.481 e. The Bertz CT molecular complexity index is 577. The third kappa shape index (κ3) is 2.22. The molecule has 96 valence electrons. The van der Waals surface area contributed by atoms with Gasteiger partial charge >= 0.3 is 5.97 Å². The summed E-state index contributed by atoms with van der Waals surface area (Å²) in [6, 6.07) is 5.09. The number of aryl methyl sites for hydroxylation is 1. The summed E-state index contributed by atoms with van der Waals surface area (Å²) < 4.78 is 0. The smallest absolute Gasteiger partial charge is 0.308 e. The van der Waals surface area contributed by atoms with E-state index in [0.29, 0.717) is 6.42 Å². The van der Waals surface area contributed by atoms with E-state index in [1.165, 1.54) is 0 Å². The molecule has 2 aromatic rings. The van der Waals surface area contributed by atoms with Gasteiger partial charge in [0, 0.05) is 6.04 Å². The molecule has 0 aliphatic rings. The summed E-state index contributed by atoms with van der Waals surface area (Å²) in [5, 5.41) is 9.12. The number of benzene rings is 1. The van der Waals surface area contributed by atoms with Crippen molar-refractivity contribution in [3.63, 3.8) is 0 Å². The minimum absolute atomic E-state index is 0.500. The van der Waals surface area contributed by atoms with Crippen molar-refractivity contribution in [1.29, 1.82) is 0 Å². The van der Waals surface area contributed by atoms with Crippen LogP contribution in [0.5, 0.6) is 0 Å². The fourth-order valence-electron chi connectivity index (χ4n) is 2.18. The summed E-state index contributed by atoms with van der Waals surface area (Å²) in [6.45, 7) is 3.71. The molecule has 0 aliphatic carbocycles. The monoisotopic (exact) mass is 247 g/mol. The molecule has 2 unspecified atom stereocenters. The molecule has 0 radical (unpaired) electrons. The minimum atomic E-state index is -0.856. The molecule has 0 fully saturated rings. The number of aromatic nitrogens is 2. The summed E-state index contributed by atoms with van der Waals surface area (Å²) in [6.07, 6.45) is 0.510. The van der Waals surface area contributed by atoms with E-state index in [2.05, 4.69) is 9.97 Å². The molecule has 5 nitrogen and oxygen atoms in total. The average Bonchev–Trinajstić information content (AvgIpc) is 2.68. The Kier molecular flexibility index (Phi) is 3.34. The zero-order valence-electron chi connectivity index (χ0n) is 10.5. The van der Waals surface area contributed by atoms with E-state index in [4.69, 9.17) is 10.8 Å². The number of rotatable bonds is 4. The number of carboxylic acids is 1. The first-order valence-electron chi connectivity index (χ1n) is 5.97. The molecule has 0 amide bonds. The third-order valence-corrected chi connectivity index (χ3v) is 3.20. The highest BCUT2D eigenvalue weighted by atomic mass is 16.4. The average molecular weight is 247 g/mol. The van der Waals surface area contributed by atoms with Gasteiger partial charge in [-0.25, -0.2) is 4.98 Å². The second kappa shape index (κ2) is 4.78. The van der Waals surface area contributed by atoms with E-state index in [1.807, 2.05) is 32.0 Å². The number of aromatic amines is 1. The molecule has 0 saturated carbocycles. The lowest BCUT2D eigenvalue weighted by molar-refractivity contribution is -0.142. The van der Waals surface area contributed by atoms with Crippen LogP contribution in [0.3, 0.4) is 0 Å². The van der Waals surface area contributed by atoms with Gasteiger partial charge in [-0.15, -0.1) is 0 Å². The van der Waals surface area contributed by atoms with Crippen molar-refractivity contribution in [2.45, 2.75) is 26.3 Å². The lowest BCUT2D eigenvalue weighted by Gasteiger charge is -2.18. The van der Waals surface area contributed by atoms with Gasteiger partial charge in [-0.2, -0.15) is 0 Å². The number of hydrogen-bond donors (Lipinski definition) is 3. The van der Waals surface area contributed by atoms with Gasteiger partial charge in [-0.3, -0.25) is 4.79 Å². The molecular formula is C13H17N3O2. The van der Waals surface area contributed by atoms with E-state index in [1.54, 1.807) is 0 Å². The zero-order chi connectivity index (χ0) is 13.3. The SMILES string of the molecule is CCC(C(=O)O)C(N)c1ccc2nc(C)[nH]c2c1. The van der Waals surface area contributed by atoms with Crippen LogP contribution in [0.25, 0.3) is 11.0 Å². The van der Waals surface area contributed by atoms with Gasteiger partial charge in [-0.1, -0.05) is 13.0 Å². The predicted molar refractivity (Wildman–Crippen MR) is 69.2 cm³/mol. The number of hydrogen-bond acceptors (Lipinski definition) is 3. The molecular weight excluding hydrogens is 230 g/mol. The summed E-state index contributed by atoms with van der Waals surface area (Å²) in [7, 11) is 0. The van der Waals surface area contributed by atoms with Crippen molar-refractivity contribution >= 4 is 17.0 Å². The van der Waals surface area contributed by atoms with Crippen LogP contribution in [0.15, 0.2) is 18.2 Å². The number of imidazole rings is 1. The molecule has 2 rings (SSSR count). The van der Waals surface area contributed by atoms with E-state index in [0.717, 1.165) is 22.4 Å². The van der Waals surface area contributed by atoms with E-state index in [-0.39, 0.29) is 0 Å². The third-order valence-electron chi connectivity index (χ3n) is 3.20. The standard InChI is InChI=1S/C13H17N3O2/c1-3-9(13(17)18)12(14)8-4-5-10-11(6-8)16-7(2)15-10/h4-6,9,12H,3,14H2,1-2H3,(H,15,16)(H,17,18). The van der Waals surface area contributed by atoms with Crippen LogP contribution in [0.2, 0.25) is 0 Å². The van der Waals surface area contributed by atoms with Crippen LogP contribution < -0.4 is 5.73 Å². The Morgan fingerprint density at radius 3 is 2.89 bits per heavy atom. The number of fused-ring (bicyclic) bond motifs is 1. The summed E-state index contributed by atoms with van der Waals surface area (Å²) in [5.74, 6) is -0.585. The predicted octanol–water partition coefficient (Wildman–Crippen LogP) is 1.98. The second-order valence-electron chi connectivity index (χ2n) is 4.48. The molecule has 1 heterocycles. The van der Waals surface area contributed by atoms with E-state index < -0.39 is 17.9 Å². The van der Waals surface area contributed by atoms with Crippen LogP contribution in [-0.4, -0.2) is 21.0 Å². The highest BCUT2D eigenvalue weighted by Gasteiger charge is 2.24. The van der Waals surface area contributed by atoms with Crippen LogP contribution in [0.1, 0.15) is 30.8 Å². The van der Waals surface area contributed by atoms with Gasteiger partial charge < -0.3 is 15.8 Å². The van der Waals surface area contributed by atoms with Crippen molar-refractivity contribution in [2.75, 3.05) is 0 Å². The fourth-order valence-corrected chi connectivity index (χ4v) is 2.18. The summed E-state index contributed by atoms with van der Waals surface area (Å²) in [4.78, 5) is 18.5. The zero-order valence-corrected chi connectivity index (χ0v) is 10.5. The Morgan fingerprint density at radius 2 is 2.28 bits per heavy atom. The van der Waals surface area contributed by atoms with Crippen LogP contribution >= 0.6 is 0 Å². The Hall–Kier alpha value is -1.88. The molecule has 0 aliphatic heterocycles. The lowest BCUT2D eigenvalue weighted by atomic mass is 9.91. The van der Waals surface area contributed by atoms with Crippen molar-refractivity contribution in [2.24, 2.45) is 11.7 Å². The topological polar surface area (TPSA) is 92.0 Å². The molecule has 1 aromatic carbocycles. The number of aliphatic carboxylic acids is 1. The highest BCUT2D eigenvalue weighted by Crippen LogP contribution is 2.25.